The molecule has 2 aromatic carbocycles. The van der Waals surface area contributed by atoms with Gasteiger partial charge in [0, 0.05) is 18.7 Å². The van der Waals surface area contributed by atoms with E-state index in [0.29, 0.717) is 17.2 Å². The summed E-state index contributed by atoms with van der Waals surface area (Å²) in [5, 5.41) is 10.4. The van der Waals surface area contributed by atoms with Crippen LogP contribution in [0.15, 0.2) is 53.4 Å². The molecule has 2 aromatic rings. The van der Waals surface area contributed by atoms with E-state index in [4.69, 9.17) is 4.74 Å². The van der Waals surface area contributed by atoms with Gasteiger partial charge in [-0.3, -0.25) is 24.6 Å². The Kier molecular flexibility index (Phi) is 5.56. The average molecular weight is 384 g/mol. The van der Waals surface area contributed by atoms with Crippen LogP contribution in [0.2, 0.25) is 0 Å². The molecule has 0 spiro atoms. The number of amides is 2. The van der Waals surface area contributed by atoms with Crippen LogP contribution in [0.1, 0.15) is 18.1 Å². The van der Waals surface area contributed by atoms with Crippen LogP contribution in [-0.2, 0) is 11.4 Å². The molecule has 1 fully saturated rings. The minimum absolute atomic E-state index is 0.0294. The molecule has 138 valence electrons. The van der Waals surface area contributed by atoms with Gasteiger partial charge in [-0.25, -0.2) is 0 Å². The van der Waals surface area contributed by atoms with Crippen molar-refractivity contribution in [3.8, 4) is 5.75 Å². The molecule has 0 atom stereocenters. The van der Waals surface area contributed by atoms with Crippen LogP contribution in [0.5, 0.6) is 5.75 Å². The van der Waals surface area contributed by atoms with Crippen LogP contribution >= 0.6 is 11.8 Å². The number of imide groups is 1. The molecular formula is C19H16N2O5S. The summed E-state index contributed by atoms with van der Waals surface area (Å²) in [6.45, 7) is 2.36. The van der Waals surface area contributed by atoms with Crippen molar-refractivity contribution in [2.24, 2.45) is 0 Å². The first-order chi connectivity index (χ1) is 13.0. The number of carbonyl (C=O) groups is 2. The SMILES string of the molecule is CCN1C(=O)S/C(=C/c2cccc(OCc3ccc([N+](=O)[O-])cc3)c2)C1=O. The van der Waals surface area contributed by atoms with Crippen LogP contribution in [0.3, 0.4) is 0 Å². The second-order valence-corrected chi connectivity index (χ2v) is 6.70. The molecule has 1 aliphatic rings. The lowest BCUT2D eigenvalue weighted by atomic mass is 10.2. The molecule has 1 saturated heterocycles. The molecule has 0 radical (unpaired) electrons. The highest BCUT2D eigenvalue weighted by atomic mass is 32.2. The second kappa shape index (κ2) is 8.05. The zero-order valence-electron chi connectivity index (χ0n) is 14.5. The number of carbonyl (C=O) groups excluding carboxylic acids is 2. The molecular weight excluding hydrogens is 368 g/mol. The zero-order chi connectivity index (χ0) is 19.4. The standard InChI is InChI=1S/C19H16N2O5S/c1-2-20-18(22)17(27-19(20)23)11-14-4-3-5-16(10-14)26-12-13-6-8-15(9-7-13)21(24)25/h3-11H,2,12H2,1H3/b17-11+. The predicted octanol–water partition coefficient (Wildman–Crippen LogP) is 4.23. The third-order valence-corrected chi connectivity index (χ3v) is 4.81. The summed E-state index contributed by atoms with van der Waals surface area (Å²) in [5.41, 5.74) is 1.58. The van der Waals surface area contributed by atoms with Crippen molar-refractivity contribution in [1.82, 2.24) is 4.90 Å². The summed E-state index contributed by atoms with van der Waals surface area (Å²) in [4.78, 5) is 35.7. The molecule has 1 aliphatic heterocycles. The molecule has 1 heterocycles. The lowest BCUT2D eigenvalue weighted by molar-refractivity contribution is -0.384. The molecule has 2 amide bonds. The van der Waals surface area contributed by atoms with E-state index < -0.39 is 4.92 Å². The molecule has 0 aliphatic carbocycles. The van der Waals surface area contributed by atoms with Gasteiger partial charge in [0.05, 0.1) is 9.83 Å². The third kappa shape index (κ3) is 4.35. The second-order valence-electron chi connectivity index (χ2n) is 5.71. The summed E-state index contributed by atoms with van der Waals surface area (Å²) >= 11 is 0.924. The topological polar surface area (TPSA) is 89.8 Å². The van der Waals surface area contributed by atoms with Crippen molar-refractivity contribution in [2.45, 2.75) is 13.5 Å². The number of nitrogens with zero attached hydrogens (tertiary/aromatic N) is 2. The van der Waals surface area contributed by atoms with Gasteiger partial charge in [0.15, 0.2) is 0 Å². The van der Waals surface area contributed by atoms with Gasteiger partial charge < -0.3 is 4.74 Å². The molecule has 3 rings (SSSR count). The minimum atomic E-state index is -0.450. The van der Waals surface area contributed by atoms with Crippen molar-refractivity contribution in [3.63, 3.8) is 0 Å². The van der Waals surface area contributed by atoms with Crippen molar-refractivity contribution >= 4 is 34.7 Å². The molecule has 0 unspecified atom stereocenters. The van der Waals surface area contributed by atoms with Crippen molar-refractivity contribution in [3.05, 3.63) is 74.7 Å². The van der Waals surface area contributed by atoms with E-state index in [9.17, 15) is 19.7 Å². The van der Waals surface area contributed by atoms with Crippen LogP contribution in [-0.4, -0.2) is 27.5 Å². The summed E-state index contributed by atoms with van der Waals surface area (Å²) in [6.07, 6.45) is 1.67. The zero-order valence-corrected chi connectivity index (χ0v) is 15.3. The van der Waals surface area contributed by atoms with E-state index in [-0.39, 0.29) is 23.4 Å². The van der Waals surface area contributed by atoms with Gasteiger partial charge in [0.1, 0.15) is 12.4 Å². The van der Waals surface area contributed by atoms with E-state index >= 15 is 0 Å². The van der Waals surface area contributed by atoms with Gasteiger partial charge in [-0.15, -0.1) is 0 Å². The Hall–Kier alpha value is -3.13. The Bertz CT molecular complexity index is 924. The Balaban J connectivity index is 1.69. The number of rotatable bonds is 6. The first kappa shape index (κ1) is 18.7. The van der Waals surface area contributed by atoms with Gasteiger partial charge in [-0.1, -0.05) is 12.1 Å². The Morgan fingerprint density at radius 3 is 2.56 bits per heavy atom. The summed E-state index contributed by atoms with van der Waals surface area (Å²) in [7, 11) is 0. The van der Waals surface area contributed by atoms with Gasteiger partial charge in [0.25, 0.3) is 16.8 Å². The van der Waals surface area contributed by atoms with E-state index in [0.717, 1.165) is 22.9 Å². The molecule has 27 heavy (non-hydrogen) atoms. The Labute approximate surface area is 159 Å². The normalized spacial score (nSPS) is 15.4. The monoisotopic (exact) mass is 384 g/mol. The van der Waals surface area contributed by atoms with Gasteiger partial charge in [0.2, 0.25) is 0 Å². The largest absolute Gasteiger partial charge is 0.489 e. The van der Waals surface area contributed by atoms with Crippen LogP contribution in [0.25, 0.3) is 6.08 Å². The fourth-order valence-electron chi connectivity index (χ4n) is 2.50. The number of nitro groups is 1. The maximum absolute atomic E-state index is 12.2. The molecule has 7 nitrogen and oxygen atoms in total. The number of hydrogen-bond donors (Lipinski definition) is 0. The van der Waals surface area contributed by atoms with E-state index in [1.54, 1.807) is 43.3 Å². The van der Waals surface area contributed by atoms with Gasteiger partial charge in [-0.05, 0) is 60.2 Å². The molecule has 8 heteroatoms. The first-order valence-corrected chi connectivity index (χ1v) is 9.01. The smallest absolute Gasteiger partial charge is 0.293 e. The fourth-order valence-corrected chi connectivity index (χ4v) is 3.40. The molecule has 0 aromatic heterocycles. The van der Waals surface area contributed by atoms with Crippen molar-refractivity contribution < 1.29 is 19.2 Å². The third-order valence-electron chi connectivity index (χ3n) is 3.90. The summed E-state index contributed by atoms with van der Waals surface area (Å²) in [6, 6.07) is 13.3. The minimum Gasteiger partial charge on any atom is -0.489 e. The highest BCUT2D eigenvalue weighted by Crippen LogP contribution is 2.32. The quantitative estimate of drug-likeness (QED) is 0.421. The lowest BCUT2D eigenvalue weighted by Gasteiger charge is -2.08. The van der Waals surface area contributed by atoms with Gasteiger partial charge in [-0.2, -0.15) is 0 Å². The van der Waals surface area contributed by atoms with Crippen LogP contribution in [0, 0.1) is 10.1 Å². The van der Waals surface area contributed by atoms with E-state index in [2.05, 4.69) is 0 Å². The number of ether oxygens (including phenoxy) is 1. The number of hydrogen-bond acceptors (Lipinski definition) is 6. The van der Waals surface area contributed by atoms with Crippen molar-refractivity contribution in [1.29, 1.82) is 0 Å². The summed E-state index contributed by atoms with van der Waals surface area (Å²) in [5.74, 6) is 0.307. The number of nitro benzene ring substituents is 1. The van der Waals surface area contributed by atoms with Crippen LogP contribution in [0.4, 0.5) is 10.5 Å². The van der Waals surface area contributed by atoms with E-state index in [1.165, 1.54) is 17.0 Å². The number of thioether (sulfide) groups is 1. The fraction of sp³-hybridized carbons (Fsp3) is 0.158. The Morgan fingerprint density at radius 1 is 1.19 bits per heavy atom. The highest BCUT2D eigenvalue weighted by Gasteiger charge is 2.33. The van der Waals surface area contributed by atoms with Crippen LogP contribution < -0.4 is 4.74 Å². The number of likely N-dealkylation sites (N-methyl/N-ethyl adjacent to an activating group) is 1. The predicted molar refractivity (Wildman–Crippen MR) is 102 cm³/mol. The lowest BCUT2D eigenvalue weighted by Crippen LogP contribution is -2.27. The molecule has 0 saturated carbocycles. The highest BCUT2D eigenvalue weighted by molar-refractivity contribution is 8.18. The maximum atomic E-state index is 12.2. The first-order valence-electron chi connectivity index (χ1n) is 8.19. The summed E-state index contributed by atoms with van der Waals surface area (Å²) < 4.78 is 5.72. The average Bonchev–Trinajstić information content (AvgIpc) is 2.93. The van der Waals surface area contributed by atoms with E-state index in [1.807, 2.05) is 6.07 Å². The maximum Gasteiger partial charge on any atom is 0.293 e. The molecule has 0 bridgehead atoms. The molecule has 0 N–H and O–H groups in total. The Morgan fingerprint density at radius 2 is 1.93 bits per heavy atom. The van der Waals surface area contributed by atoms with Gasteiger partial charge >= 0.3 is 0 Å². The van der Waals surface area contributed by atoms with Crippen molar-refractivity contribution in [2.75, 3.05) is 6.54 Å². The number of non-ortho nitro benzene ring substituents is 1. The number of benzene rings is 2.